The number of ether oxygens (including phenoxy) is 1. The van der Waals surface area contributed by atoms with Crippen molar-refractivity contribution >= 4 is 39.1 Å². The summed E-state index contributed by atoms with van der Waals surface area (Å²) in [6.45, 7) is -0.0875. The van der Waals surface area contributed by atoms with Gasteiger partial charge in [-0.1, -0.05) is 33.6 Å². The molecule has 0 aliphatic heterocycles. The van der Waals surface area contributed by atoms with E-state index in [-0.39, 0.29) is 12.5 Å². The highest BCUT2D eigenvalue weighted by atomic mass is 79.9. The number of pyridine rings is 1. The Labute approximate surface area is 123 Å². The number of anilines is 1. The van der Waals surface area contributed by atoms with Gasteiger partial charge in [0.25, 0.3) is 5.91 Å². The molecule has 1 aromatic heterocycles. The Morgan fingerprint density at radius 3 is 2.89 bits per heavy atom. The van der Waals surface area contributed by atoms with Crippen LogP contribution in [0.15, 0.2) is 47.1 Å². The monoisotopic (exact) mass is 340 g/mol. The minimum absolute atomic E-state index is 0.0875. The molecule has 0 aliphatic carbocycles. The molecule has 98 valence electrons. The van der Waals surface area contributed by atoms with Gasteiger partial charge in [-0.05, 0) is 30.3 Å². The number of carbonyl (C=O) groups excluding carboxylic acids is 1. The van der Waals surface area contributed by atoms with E-state index >= 15 is 0 Å². The Kier molecular flexibility index (Phi) is 4.76. The van der Waals surface area contributed by atoms with Crippen LogP contribution in [0, 0.1) is 0 Å². The molecular formula is C13H10BrClN2O2. The highest BCUT2D eigenvalue weighted by Gasteiger charge is 2.04. The lowest BCUT2D eigenvalue weighted by molar-refractivity contribution is -0.118. The third-order valence-corrected chi connectivity index (χ3v) is 2.90. The standard InChI is InChI=1S/C13H10BrClN2O2/c14-9-2-1-3-10(6-9)17-13(18)8-19-11-4-5-12(15)16-7-11/h1-7H,8H2,(H,17,18). The quantitative estimate of drug-likeness (QED) is 0.866. The predicted octanol–water partition coefficient (Wildman–Crippen LogP) is 3.52. The molecule has 1 aromatic carbocycles. The molecular weight excluding hydrogens is 332 g/mol. The first kappa shape index (κ1) is 13.8. The first-order valence-electron chi connectivity index (χ1n) is 5.43. The van der Waals surface area contributed by atoms with Crippen molar-refractivity contribution < 1.29 is 9.53 Å². The predicted molar refractivity (Wildman–Crippen MR) is 77.5 cm³/mol. The molecule has 4 nitrogen and oxygen atoms in total. The molecule has 0 saturated carbocycles. The van der Waals surface area contributed by atoms with Crippen LogP contribution in [-0.2, 0) is 4.79 Å². The van der Waals surface area contributed by atoms with E-state index in [1.165, 1.54) is 6.20 Å². The Morgan fingerprint density at radius 2 is 2.21 bits per heavy atom. The van der Waals surface area contributed by atoms with Gasteiger partial charge in [-0.15, -0.1) is 0 Å². The number of amides is 1. The van der Waals surface area contributed by atoms with Gasteiger partial charge in [0, 0.05) is 10.2 Å². The maximum atomic E-state index is 11.7. The molecule has 6 heteroatoms. The summed E-state index contributed by atoms with van der Waals surface area (Å²) in [5.74, 6) is 0.252. The van der Waals surface area contributed by atoms with Crippen LogP contribution >= 0.6 is 27.5 Å². The normalized spacial score (nSPS) is 10.0. The van der Waals surface area contributed by atoms with E-state index in [9.17, 15) is 4.79 Å². The van der Waals surface area contributed by atoms with Crippen molar-refractivity contribution in [2.24, 2.45) is 0 Å². The highest BCUT2D eigenvalue weighted by molar-refractivity contribution is 9.10. The minimum atomic E-state index is -0.243. The highest BCUT2D eigenvalue weighted by Crippen LogP contribution is 2.16. The van der Waals surface area contributed by atoms with E-state index in [4.69, 9.17) is 16.3 Å². The second-order valence-electron chi connectivity index (χ2n) is 3.66. The minimum Gasteiger partial charge on any atom is -0.482 e. The van der Waals surface area contributed by atoms with Gasteiger partial charge in [0.05, 0.1) is 6.20 Å². The van der Waals surface area contributed by atoms with Crippen LogP contribution in [0.1, 0.15) is 0 Å². The molecule has 2 aromatic rings. The molecule has 0 atom stereocenters. The number of hydrogen-bond donors (Lipinski definition) is 1. The average Bonchev–Trinajstić information content (AvgIpc) is 2.38. The lowest BCUT2D eigenvalue weighted by atomic mass is 10.3. The fourth-order valence-electron chi connectivity index (χ4n) is 1.36. The fraction of sp³-hybridized carbons (Fsp3) is 0.0769. The summed E-state index contributed by atoms with van der Waals surface area (Å²) >= 11 is 8.98. The Bertz CT molecular complexity index is 575. The topological polar surface area (TPSA) is 51.2 Å². The zero-order chi connectivity index (χ0) is 13.7. The number of nitrogens with zero attached hydrogens (tertiary/aromatic N) is 1. The summed E-state index contributed by atoms with van der Waals surface area (Å²) in [7, 11) is 0. The van der Waals surface area contributed by atoms with E-state index in [0.717, 1.165) is 4.47 Å². The number of aromatic nitrogens is 1. The zero-order valence-corrected chi connectivity index (χ0v) is 12.1. The second-order valence-corrected chi connectivity index (χ2v) is 4.97. The van der Waals surface area contributed by atoms with Crippen molar-refractivity contribution in [3.05, 3.63) is 52.2 Å². The molecule has 0 radical (unpaired) electrons. The van der Waals surface area contributed by atoms with Crippen LogP contribution in [0.3, 0.4) is 0 Å². The third-order valence-electron chi connectivity index (χ3n) is 2.18. The molecule has 1 amide bonds. The number of rotatable bonds is 4. The Balaban J connectivity index is 1.86. The SMILES string of the molecule is O=C(COc1ccc(Cl)nc1)Nc1cccc(Br)c1. The van der Waals surface area contributed by atoms with Crippen molar-refractivity contribution in [2.75, 3.05) is 11.9 Å². The van der Waals surface area contributed by atoms with Crippen LogP contribution < -0.4 is 10.1 Å². The molecule has 2 rings (SSSR count). The van der Waals surface area contributed by atoms with Gasteiger partial charge in [0.2, 0.25) is 0 Å². The number of nitrogens with one attached hydrogen (secondary N) is 1. The van der Waals surface area contributed by atoms with Gasteiger partial charge in [0.15, 0.2) is 6.61 Å². The van der Waals surface area contributed by atoms with Gasteiger partial charge in [-0.25, -0.2) is 4.98 Å². The summed E-state index contributed by atoms with van der Waals surface area (Å²) < 4.78 is 6.18. The number of benzene rings is 1. The lowest BCUT2D eigenvalue weighted by Gasteiger charge is -2.07. The van der Waals surface area contributed by atoms with Gasteiger partial charge < -0.3 is 10.1 Å². The molecule has 0 aliphatic rings. The van der Waals surface area contributed by atoms with Gasteiger partial charge in [-0.2, -0.15) is 0 Å². The van der Waals surface area contributed by atoms with E-state index < -0.39 is 0 Å². The lowest BCUT2D eigenvalue weighted by Crippen LogP contribution is -2.20. The van der Waals surface area contributed by atoms with Crippen LogP contribution in [0.5, 0.6) is 5.75 Å². The van der Waals surface area contributed by atoms with Crippen molar-refractivity contribution in [1.82, 2.24) is 4.98 Å². The number of carbonyl (C=O) groups is 1. The third kappa shape index (κ3) is 4.54. The van der Waals surface area contributed by atoms with Gasteiger partial charge in [-0.3, -0.25) is 4.79 Å². The molecule has 19 heavy (non-hydrogen) atoms. The molecule has 0 spiro atoms. The molecule has 1 N–H and O–H groups in total. The van der Waals surface area contributed by atoms with E-state index in [1.54, 1.807) is 18.2 Å². The molecule has 0 unspecified atom stereocenters. The average molecular weight is 342 g/mol. The molecule has 0 bridgehead atoms. The van der Waals surface area contributed by atoms with E-state index in [1.807, 2.05) is 18.2 Å². The van der Waals surface area contributed by atoms with Crippen molar-refractivity contribution in [3.63, 3.8) is 0 Å². The number of halogens is 2. The smallest absolute Gasteiger partial charge is 0.262 e. The van der Waals surface area contributed by atoms with Gasteiger partial charge in [0.1, 0.15) is 10.9 Å². The van der Waals surface area contributed by atoms with Crippen LogP contribution in [0.2, 0.25) is 5.15 Å². The summed E-state index contributed by atoms with van der Waals surface area (Å²) in [5, 5.41) is 3.10. The van der Waals surface area contributed by atoms with Crippen LogP contribution in [-0.4, -0.2) is 17.5 Å². The van der Waals surface area contributed by atoms with Crippen molar-refractivity contribution in [2.45, 2.75) is 0 Å². The zero-order valence-electron chi connectivity index (χ0n) is 9.77. The van der Waals surface area contributed by atoms with Gasteiger partial charge >= 0.3 is 0 Å². The molecule has 0 saturated heterocycles. The number of hydrogen-bond acceptors (Lipinski definition) is 3. The van der Waals surface area contributed by atoms with Crippen LogP contribution in [0.4, 0.5) is 5.69 Å². The summed E-state index contributed by atoms with van der Waals surface area (Å²) in [4.78, 5) is 15.5. The second kappa shape index (κ2) is 6.54. The largest absolute Gasteiger partial charge is 0.482 e. The Morgan fingerprint density at radius 1 is 1.37 bits per heavy atom. The fourth-order valence-corrected chi connectivity index (χ4v) is 1.87. The van der Waals surface area contributed by atoms with Crippen molar-refractivity contribution in [3.8, 4) is 5.75 Å². The van der Waals surface area contributed by atoms with Crippen LogP contribution in [0.25, 0.3) is 0 Å². The molecule has 0 fully saturated rings. The maximum absolute atomic E-state index is 11.7. The Hall–Kier alpha value is -1.59. The first-order valence-corrected chi connectivity index (χ1v) is 6.60. The molecule has 1 heterocycles. The maximum Gasteiger partial charge on any atom is 0.262 e. The van der Waals surface area contributed by atoms with E-state index in [0.29, 0.717) is 16.6 Å². The van der Waals surface area contributed by atoms with Crippen molar-refractivity contribution in [1.29, 1.82) is 0 Å². The summed E-state index contributed by atoms with van der Waals surface area (Å²) in [6.07, 6.45) is 1.47. The first-order chi connectivity index (χ1) is 9.13. The summed E-state index contributed by atoms with van der Waals surface area (Å²) in [6, 6.07) is 10.6. The summed E-state index contributed by atoms with van der Waals surface area (Å²) in [5.41, 5.74) is 0.706. The van der Waals surface area contributed by atoms with E-state index in [2.05, 4.69) is 26.2 Å².